The summed E-state index contributed by atoms with van der Waals surface area (Å²) in [5.74, 6) is -0.124. The number of nitrogens with one attached hydrogen (secondary N) is 1. The molecule has 142 valence electrons. The summed E-state index contributed by atoms with van der Waals surface area (Å²) in [5.41, 5.74) is 2.47. The lowest BCUT2D eigenvalue weighted by Gasteiger charge is -2.15. The number of nitrogens with zero attached hydrogens (tertiary/aromatic N) is 2. The summed E-state index contributed by atoms with van der Waals surface area (Å²) < 4.78 is 5.32. The average molecular weight is 393 g/mol. The van der Waals surface area contributed by atoms with Crippen molar-refractivity contribution in [1.29, 1.82) is 0 Å². The molecule has 0 unspecified atom stereocenters. The highest BCUT2D eigenvalue weighted by atomic mass is 32.1. The fourth-order valence-electron chi connectivity index (χ4n) is 3.03. The highest BCUT2D eigenvalue weighted by Crippen LogP contribution is 2.33. The van der Waals surface area contributed by atoms with E-state index in [4.69, 9.17) is 4.42 Å². The molecule has 3 aromatic rings. The van der Waals surface area contributed by atoms with Crippen molar-refractivity contribution < 1.29 is 14.0 Å². The Kier molecular flexibility index (Phi) is 4.75. The first-order valence-corrected chi connectivity index (χ1v) is 9.63. The number of thiophene rings is 1. The summed E-state index contributed by atoms with van der Waals surface area (Å²) in [6.45, 7) is 0.101. The molecule has 28 heavy (non-hydrogen) atoms. The smallest absolute Gasteiger partial charge is 0.278 e. The molecule has 2 amide bonds. The zero-order valence-electron chi connectivity index (χ0n) is 15.5. The van der Waals surface area contributed by atoms with E-state index in [1.807, 2.05) is 60.8 Å². The minimum Gasteiger partial charge on any atom is -0.467 e. The quantitative estimate of drug-likeness (QED) is 0.646. The summed E-state index contributed by atoms with van der Waals surface area (Å²) in [6.07, 6.45) is 1.53. The van der Waals surface area contributed by atoms with Crippen LogP contribution in [0.4, 0.5) is 11.4 Å². The van der Waals surface area contributed by atoms with Crippen molar-refractivity contribution in [2.45, 2.75) is 6.54 Å². The Labute approximate surface area is 166 Å². The van der Waals surface area contributed by atoms with Crippen LogP contribution < -0.4 is 10.2 Å². The molecule has 0 spiro atoms. The second-order valence-corrected chi connectivity index (χ2v) is 7.52. The van der Waals surface area contributed by atoms with Gasteiger partial charge in [-0.1, -0.05) is 6.07 Å². The molecule has 0 aliphatic carbocycles. The third kappa shape index (κ3) is 3.32. The van der Waals surface area contributed by atoms with Crippen LogP contribution in [-0.4, -0.2) is 30.8 Å². The van der Waals surface area contributed by atoms with Crippen LogP contribution in [0, 0.1) is 0 Å². The maximum Gasteiger partial charge on any atom is 0.278 e. The number of hydrogen-bond donors (Lipinski definition) is 1. The standard InChI is InChI=1S/C21H19N3O3S/c1-23(2)15-9-7-14(8-10-15)22-19-18(17-6-4-12-28-17)20(25)24(21(19)26)13-16-5-3-11-27-16/h3-12,22H,13H2,1-2H3. The molecule has 1 aliphatic heterocycles. The van der Waals surface area contributed by atoms with Crippen LogP contribution in [0.15, 0.2) is 70.3 Å². The van der Waals surface area contributed by atoms with Gasteiger partial charge in [0.2, 0.25) is 0 Å². The first-order chi connectivity index (χ1) is 13.5. The summed E-state index contributed by atoms with van der Waals surface area (Å²) in [4.78, 5) is 30.1. The van der Waals surface area contributed by atoms with Crippen molar-refractivity contribution in [1.82, 2.24) is 4.90 Å². The number of carbonyl (C=O) groups excluding carboxylic acids is 2. The molecular weight excluding hydrogens is 374 g/mol. The average Bonchev–Trinajstić information content (AvgIpc) is 3.42. The zero-order chi connectivity index (χ0) is 19.7. The maximum absolute atomic E-state index is 13.1. The van der Waals surface area contributed by atoms with E-state index in [0.717, 1.165) is 16.3 Å². The molecule has 0 atom stereocenters. The molecule has 2 aromatic heterocycles. The van der Waals surface area contributed by atoms with Gasteiger partial charge in [-0.15, -0.1) is 11.3 Å². The Morgan fingerprint density at radius 2 is 1.82 bits per heavy atom. The Morgan fingerprint density at radius 3 is 2.43 bits per heavy atom. The molecular formula is C21H19N3O3S. The van der Waals surface area contributed by atoms with Gasteiger partial charge in [-0.05, 0) is 47.8 Å². The maximum atomic E-state index is 13.1. The van der Waals surface area contributed by atoms with Crippen LogP contribution in [0.1, 0.15) is 10.6 Å². The third-order valence-electron chi connectivity index (χ3n) is 4.48. The van der Waals surface area contributed by atoms with E-state index in [2.05, 4.69) is 5.32 Å². The second kappa shape index (κ2) is 7.36. The Balaban J connectivity index is 1.68. The highest BCUT2D eigenvalue weighted by Gasteiger charge is 2.40. The summed E-state index contributed by atoms with van der Waals surface area (Å²) in [5, 5.41) is 5.05. The number of imide groups is 1. The van der Waals surface area contributed by atoms with E-state index in [1.54, 1.807) is 12.1 Å². The van der Waals surface area contributed by atoms with E-state index >= 15 is 0 Å². The van der Waals surface area contributed by atoms with Gasteiger partial charge in [-0.3, -0.25) is 14.5 Å². The van der Waals surface area contributed by atoms with Gasteiger partial charge in [0.05, 0.1) is 18.4 Å². The number of furan rings is 1. The van der Waals surface area contributed by atoms with Gasteiger partial charge in [-0.25, -0.2) is 0 Å². The molecule has 1 aromatic carbocycles. The van der Waals surface area contributed by atoms with Crippen molar-refractivity contribution in [2.75, 3.05) is 24.3 Å². The molecule has 1 aliphatic rings. The SMILES string of the molecule is CN(C)c1ccc(NC2=C(c3cccs3)C(=O)N(Cc3ccco3)C2=O)cc1. The van der Waals surface area contributed by atoms with Crippen molar-refractivity contribution in [3.8, 4) is 0 Å². The molecule has 4 rings (SSSR count). The number of carbonyl (C=O) groups is 2. The summed E-state index contributed by atoms with van der Waals surface area (Å²) >= 11 is 1.43. The summed E-state index contributed by atoms with van der Waals surface area (Å²) in [7, 11) is 3.93. The predicted octanol–water partition coefficient (Wildman–Crippen LogP) is 3.80. The van der Waals surface area contributed by atoms with E-state index in [-0.39, 0.29) is 24.1 Å². The zero-order valence-corrected chi connectivity index (χ0v) is 16.3. The molecule has 0 saturated carbocycles. The largest absolute Gasteiger partial charge is 0.467 e. The minimum absolute atomic E-state index is 0.101. The van der Waals surface area contributed by atoms with Gasteiger partial charge in [0, 0.05) is 30.3 Å². The number of benzene rings is 1. The molecule has 7 heteroatoms. The van der Waals surface area contributed by atoms with Crippen LogP contribution in [0.25, 0.3) is 5.57 Å². The predicted molar refractivity (Wildman–Crippen MR) is 110 cm³/mol. The van der Waals surface area contributed by atoms with E-state index < -0.39 is 0 Å². The molecule has 0 bridgehead atoms. The van der Waals surface area contributed by atoms with Gasteiger partial charge in [0.15, 0.2) is 0 Å². The molecule has 0 radical (unpaired) electrons. The molecule has 6 nitrogen and oxygen atoms in total. The van der Waals surface area contributed by atoms with Gasteiger partial charge >= 0.3 is 0 Å². The minimum atomic E-state index is -0.360. The lowest BCUT2D eigenvalue weighted by atomic mass is 10.2. The molecule has 3 heterocycles. The Morgan fingerprint density at radius 1 is 1.04 bits per heavy atom. The van der Waals surface area contributed by atoms with E-state index in [0.29, 0.717) is 11.3 Å². The topological polar surface area (TPSA) is 65.8 Å². The van der Waals surface area contributed by atoms with Gasteiger partial charge in [0.25, 0.3) is 11.8 Å². The second-order valence-electron chi connectivity index (χ2n) is 6.57. The molecule has 0 saturated heterocycles. The van der Waals surface area contributed by atoms with Crippen LogP contribution in [0.5, 0.6) is 0 Å². The van der Waals surface area contributed by atoms with Crippen LogP contribution in [-0.2, 0) is 16.1 Å². The van der Waals surface area contributed by atoms with Crippen molar-refractivity contribution in [3.63, 3.8) is 0 Å². The number of amides is 2. The van der Waals surface area contributed by atoms with Crippen molar-refractivity contribution in [3.05, 3.63) is 76.5 Å². The van der Waals surface area contributed by atoms with Crippen LogP contribution in [0.2, 0.25) is 0 Å². The number of hydrogen-bond acceptors (Lipinski definition) is 6. The summed E-state index contributed by atoms with van der Waals surface area (Å²) in [6, 6.07) is 14.9. The normalized spacial score (nSPS) is 14.1. The van der Waals surface area contributed by atoms with Crippen molar-refractivity contribution in [2.24, 2.45) is 0 Å². The Hall–Kier alpha value is -3.32. The van der Waals surface area contributed by atoms with Gasteiger partial charge < -0.3 is 14.6 Å². The van der Waals surface area contributed by atoms with Crippen LogP contribution in [0.3, 0.4) is 0 Å². The number of rotatable bonds is 6. The fourth-order valence-corrected chi connectivity index (χ4v) is 3.80. The van der Waals surface area contributed by atoms with E-state index in [1.165, 1.54) is 22.5 Å². The third-order valence-corrected chi connectivity index (χ3v) is 5.37. The first-order valence-electron chi connectivity index (χ1n) is 8.75. The van der Waals surface area contributed by atoms with Crippen LogP contribution >= 0.6 is 11.3 Å². The lowest BCUT2D eigenvalue weighted by Crippen LogP contribution is -2.31. The van der Waals surface area contributed by atoms with Gasteiger partial charge in [0.1, 0.15) is 11.5 Å². The molecule has 1 N–H and O–H groups in total. The fraction of sp³-hybridized carbons (Fsp3) is 0.143. The lowest BCUT2D eigenvalue weighted by molar-refractivity contribution is -0.137. The van der Waals surface area contributed by atoms with E-state index in [9.17, 15) is 9.59 Å². The first kappa shape index (κ1) is 18.1. The molecule has 0 fully saturated rings. The van der Waals surface area contributed by atoms with Crippen molar-refractivity contribution >= 4 is 40.1 Å². The highest BCUT2D eigenvalue weighted by molar-refractivity contribution is 7.11. The Bertz CT molecular complexity index is 1020. The van der Waals surface area contributed by atoms with Gasteiger partial charge in [-0.2, -0.15) is 0 Å². The monoisotopic (exact) mass is 393 g/mol. The number of anilines is 2.